The molecule has 0 radical (unpaired) electrons. The van der Waals surface area contributed by atoms with E-state index in [-0.39, 0.29) is 11.7 Å². The molecule has 2 fully saturated rings. The minimum absolute atomic E-state index is 0.0218. The Labute approximate surface area is 224 Å². The van der Waals surface area contributed by atoms with Crippen LogP contribution in [0.3, 0.4) is 0 Å². The van der Waals surface area contributed by atoms with Crippen molar-refractivity contribution < 1.29 is 19.2 Å². The predicted molar refractivity (Wildman–Crippen MR) is 147 cm³/mol. The van der Waals surface area contributed by atoms with Gasteiger partial charge in [0.15, 0.2) is 5.82 Å². The normalized spacial score (nSPS) is 20.2. The van der Waals surface area contributed by atoms with Crippen molar-refractivity contribution in [2.24, 2.45) is 0 Å². The molecule has 0 amide bonds. The number of non-ortho nitro benzene ring substituents is 1. The number of nitro benzene ring substituents is 1. The molecule has 2 aromatic carbocycles. The molecule has 202 valence electrons. The number of carbonyl (C=O) groups excluding carboxylic acids is 1. The summed E-state index contributed by atoms with van der Waals surface area (Å²) in [5, 5.41) is 16.8. The quantitative estimate of drug-likeness (QED) is 0.209. The molecule has 0 atom stereocenters. The number of anilines is 1. The van der Waals surface area contributed by atoms with Crippen molar-refractivity contribution in [2.45, 2.75) is 37.8 Å². The van der Waals surface area contributed by atoms with Gasteiger partial charge < -0.3 is 19.8 Å². The number of fused-ring (bicyclic) bond motifs is 3. The third kappa shape index (κ3) is 5.02. The Morgan fingerprint density at radius 2 is 1.92 bits per heavy atom. The number of rotatable bonds is 6. The van der Waals surface area contributed by atoms with Crippen molar-refractivity contribution in [3.05, 3.63) is 58.1 Å². The van der Waals surface area contributed by atoms with Gasteiger partial charge in [0, 0.05) is 53.8 Å². The maximum atomic E-state index is 12.1. The molecule has 2 aliphatic rings. The van der Waals surface area contributed by atoms with E-state index in [4.69, 9.17) is 19.4 Å². The second-order valence-corrected chi connectivity index (χ2v) is 10.1. The zero-order valence-electron chi connectivity index (χ0n) is 21.7. The summed E-state index contributed by atoms with van der Waals surface area (Å²) in [4.78, 5) is 38.6. The lowest BCUT2D eigenvalue weighted by Crippen LogP contribution is -2.46. The van der Waals surface area contributed by atoms with E-state index in [2.05, 4.69) is 15.2 Å². The van der Waals surface area contributed by atoms with Crippen molar-refractivity contribution in [3.8, 4) is 11.4 Å². The Hall–Kier alpha value is -4.09. The highest BCUT2D eigenvalue weighted by atomic mass is 16.6. The summed E-state index contributed by atoms with van der Waals surface area (Å²) in [5.74, 6) is 0.637. The molecule has 4 aromatic rings. The van der Waals surface area contributed by atoms with Crippen LogP contribution in [0.25, 0.3) is 33.3 Å². The van der Waals surface area contributed by atoms with Gasteiger partial charge in [0.05, 0.1) is 36.2 Å². The van der Waals surface area contributed by atoms with Gasteiger partial charge in [-0.05, 0) is 37.8 Å². The SMILES string of the molecule is COC(=O)c1ccc2c(c1)[nH]c1nc(-c3cccc([N+](=O)[O-])c3)nc(NC3CCC(N4CCOCC4)CC3)c12. The zero-order chi connectivity index (χ0) is 26.9. The van der Waals surface area contributed by atoms with E-state index >= 15 is 0 Å². The van der Waals surface area contributed by atoms with Gasteiger partial charge in [0.2, 0.25) is 0 Å². The Kier molecular flexibility index (Phi) is 6.84. The van der Waals surface area contributed by atoms with Gasteiger partial charge in [-0.3, -0.25) is 15.0 Å². The summed E-state index contributed by atoms with van der Waals surface area (Å²) in [6.07, 6.45) is 4.21. The largest absolute Gasteiger partial charge is 0.465 e. The summed E-state index contributed by atoms with van der Waals surface area (Å²) in [6, 6.07) is 12.5. The highest BCUT2D eigenvalue weighted by molar-refractivity contribution is 6.12. The number of hydrogen-bond acceptors (Lipinski definition) is 9. The van der Waals surface area contributed by atoms with Crippen LogP contribution in [0.4, 0.5) is 11.5 Å². The second-order valence-electron chi connectivity index (χ2n) is 10.1. The highest BCUT2D eigenvalue weighted by Gasteiger charge is 2.28. The second kappa shape index (κ2) is 10.6. The van der Waals surface area contributed by atoms with Crippen LogP contribution in [-0.4, -0.2) is 76.2 Å². The van der Waals surface area contributed by atoms with E-state index in [9.17, 15) is 14.9 Å². The van der Waals surface area contributed by atoms with E-state index in [0.29, 0.717) is 34.5 Å². The summed E-state index contributed by atoms with van der Waals surface area (Å²) >= 11 is 0. The number of nitro groups is 1. The number of methoxy groups -OCH3 is 1. The van der Waals surface area contributed by atoms with Gasteiger partial charge in [-0.15, -0.1) is 0 Å². The molecule has 1 saturated heterocycles. The van der Waals surface area contributed by atoms with Crippen LogP contribution >= 0.6 is 0 Å². The van der Waals surface area contributed by atoms with Crippen LogP contribution in [0.5, 0.6) is 0 Å². The van der Waals surface area contributed by atoms with Crippen molar-refractivity contribution in [2.75, 3.05) is 38.7 Å². The number of morpholine rings is 1. The minimum Gasteiger partial charge on any atom is -0.465 e. The Balaban J connectivity index is 1.37. The molecule has 1 aliphatic carbocycles. The molecular weight excluding hydrogens is 500 g/mol. The number of benzene rings is 2. The van der Waals surface area contributed by atoms with Crippen LogP contribution in [0, 0.1) is 10.1 Å². The van der Waals surface area contributed by atoms with Crippen LogP contribution < -0.4 is 5.32 Å². The fourth-order valence-electron chi connectivity index (χ4n) is 5.76. The first-order valence-electron chi connectivity index (χ1n) is 13.2. The maximum absolute atomic E-state index is 12.1. The topological polar surface area (TPSA) is 136 Å². The van der Waals surface area contributed by atoms with Gasteiger partial charge in [-0.25, -0.2) is 14.8 Å². The highest BCUT2D eigenvalue weighted by Crippen LogP contribution is 2.35. The molecule has 0 bridgehead atoms. The number of H-pyrrole nitrogens is 1. The molecule has 0 spiro atoms. The first-order chi connectivity index (χ1) is 19.0. The lowest BCUT2D eigenvalue weighted by molar-refractivity contribution is -0.384. The Morgan fingerprint density at radius 1 is 1.13 bits per heavy atom. The average Bonchev–Trinajstić information content (AvgIpc) is 3.35. The van der Waals surface area contributed by atoms with Gasteiger partial charge in [0.1, 0.15) is 11.5 Å². The van der Waals surface area contributed by atoms with E-state index < -0.39 is 10.9 Å². The molecule has 6 rings (SSSR count). The summed E-state index contributed by atoms with van der Waals surface area (Å²) in [6.45, 7) is 3.58. The van der Waals surface area contributed by atoms with Crippen LogP contribution in [0.15, 0.2) is 42.5 Å². The fraction of sp³-hybridized carbons (Fsp3) is 0.393. The van der Waals surface area contributed by atoms with E-state index in [1.165, 1.54) is 19.2 Å². The zero-order valence-corrected chi connectivity index (χ0v) is 21.7. The molecule has 2 aromatic heterocycles. The van der Waals surface area contributed by atoms with E-state index in [1.807, 2.05) is 6.07 Å². The number of aromatic amines is 1. The molecule has 0 unspecified atom stereocenters. The summed E-state index contributed by atoms with van der Waals surface area (Å²) in [5.41, 5.74) is 2.29. The minimum atomic E-state index is -0.425. The smallest absolute Gasteiger partial charge is 0.337 e. The molecule has 39 heavy (non-hydrogen) atoms. The van der Waals surface area contributed by atoms with E-state index in [1.54, 1.807) is 24.3 Å². The number of aromatic nitrogens is 3. The molecule has 11 nitrogen and oxygen atoms in total. The fourth-order valence-corrected chi connectivity index (χ4v) is 5.76. The monoisotopic (exact) mass is 530 g/mol. The summed E-state index contributed by atoms with van der Waals surface area (Å²) < 4.78 is 10.4. The van der Waals surface area contributed by atoms with Gasteiger partial charge in [-0.2, -0.15) is 0 Å². The first-order valence-corrected chi connectivity index (χ1v) is 13.2. The van der Waals surface area contributed by atoms with Crippen molar-refractivity contribution in [1.29, 1.82) is 0 Å². The lowest BCUT2D eigenvalue weighted by Gasteiger charge is -2.39. The standard InChI is InChI=1S/C28H30N6O5/c1-38-28(35)18-5-10-22-23(16-18)30-27-24(22)26(31-25(32-27)17-3-2-4-21(15-17)34(36)37)29-19-6-8-20(9-7-19)33-11-13-39-14-12-33/h2-5,10,15-16,19-20H,6-9,11-14H2,1H3,(H2,29,30,31,32). The molecule has 1 saturated carbocycles. The molecule has 1 aliphatic heterocycles. The number of esters is 1. The molecule has 11 heteroatoms. The van der Waals surface area contributed by atoms with Crippen molar-refractivity contribution in [3.63, 3.8) is 0 Å². The maximum Gasteiger partial charge on any atom is 0.337 e. The van der Waals surface area contributed by atoms with Gasteiger partial charge in [-0.1, -0.05) is 18.2 Å². The number of ether oxygens (including phenoxy) is 2. The van der Waals surface area contributed by atoms with E-state index in [0.717, 1.165) is 68.3 Å². The molecule has 3 heterocycles. The third-order valence-corrected chi connectivity index (χ3v) is 7.79. The van der Waals surface area contributed by atoms with Crippen molar-refractivity contribution in [1.82, 2.24) is 19.9 Å². The summed E-state index contributed by atoms with van der Waals surface area (Å²) in [7, 11) is 1.35. The molecule has 2 N–H and O–H groups in total. The third-order valence-electron chi connectivity index (χ3n) is 7.79. The van der Waals surface area contributed by atoms with Crippen LogP contribution in [0.2, 0.25) is 0 Å². The number of hydrogen-bond donors (Lipinski definition) is 2. The average molecular weight is 531 g/mol. The predicted octanol–water partition coefficient (Wildman–Crippen LogP) is 4.53. The lowest BCUT2D eigenvalue weighted by atomic mass is 9.90. The Morgan fingerprint density at radius 3 is 2.67 bits per heavy atom. The molecular formula is C28H30N6O5. The number of carbonyl (C=O) groups is 1. The van der Waals surface area contributed by atoms with Gasteiger partial charge >= 0.3 is 5.97 Å². The first kappa shape index (κ1) is 25.2. The van der Waals surface area contributed by atoms with Crippen molar-refractivity contribution >= 4 is 39.4 Å². The van der Waals surface area contributed by atoms with Crippen LogP contribution in [-0.2, 0) is 9.47 Å². The van der Waals surface area contributed by atoms with Gasteiger partial charge in [0.25, 0.3) is 5.69 Å². The number of nitrogens with one attached hydrogen (secondary N) is 2. The van der Waals surface area contributed by atoms with Crippen LogP contribution in [0.1, 0.15) is 36.0 Å². The Bertz CT molecular complexity index is 1540. The number of nitrogens with zero attached hydrogens (tertiary/aromatic N) is 4.